The van der Waals surface area contributed by atoms with Gasteiger partial charge < -0.3 is 10.2 Å². The molecule has 2 N–H and O–H groups in total. The van der Waals surface area contributed by atoms with Crippen LogP contribution in [-0.4, -0.2) is 10.2 Å². The summed E-state index contributed by atoms with van der Waals surface area (Å²) in [5.74, 6) is 0. The van der Waals surface area contributed by atoms with Gasteiger partial charge in [-0.25, -0.2) is 0 Å². The van der Waals surface area contributed by atoms with Crippen LogP contribution in [0.4, 0.5) is 0 Å². The summed E-state index contributed by atoms with van der Waals surface area (Å²) < 4.78 is 2.00. The minimum absolute atomic E-state index is 0.557. The molecule has 0 amide bonds. The Morgan fingerprint density at radius 2 is 0.864 bits per heavy atom. The smallest absolute Gasteiger partial charge is 0.0899 e. The molecule has 1 saturated carbocycles. The fourth-order valence-corrected chi connectivity index (χ4v) is 3.70. The number of halogens is 2. The third-order valence-corrected chi connectivity index (χ3v) is 5.72. The lowest BCUT2D eigenvalue weighted by Crippen LogP contribution is -2.39. The lowest BCUT2D eigenvalue weighted by atomic mass is 9.70. The highest BCUT2D eigenvalue weighted by Gasteiger charge is 2.42. The molecule has 0 aliphatic heterocycles. The summed E-state index contributed by atoms with van der Waals surface area (Å²) in [6.45, 7) is 0. The first-order valence-corrected chi connectivity index (χ1v) is 8.97. The molecule has 0 spiro atoms. The molecule has 1 aliphatic carbocycles. The Kier molecular flexibility index (Phi) is 4.47. The molecule has 22 heavy (non-hydrogen) atoms. The van der Waals surface area contributed by atoms with Gasteiger partial charge in [0.2, 0.25) is 0 Å². The van der Waals surface area contributed by atoms with Crippen LogP contribution in [0.2, 0.25) is 0 Å². The van der Waals surface area contributed by atoms with Crippen LogP contribution in [0, 0.1) is 0 Å². The van der Waals surface area contributed by atoms with E-state index in [1.807, 2.05) is 48.5 Å². The zero-order chi connectivity index (χ0) is 15.8. The second kappa shape index (κ2) is 6.08. The maximum atomic E-state index is 10.9. The van der Waals surface area contributed by atoms with Gasteiger partial charge in [-0.2, -0.15) is 0 Å². The molecular formula is C18H18Br2O2. The number of aliphatic hydroxyl groups is 2. The van der Waals surface area contributed by atoms with Gasteiger partial charge in [0.1, 0.15) is 0 Å². The summed E-state index contributed by atoms with van der Waals surface area (Å²) in [6.07, 6.45) is 2.23. The fraction of sp³-hybridized carbons (Fsp3) is 0.333. The van der Waals surface area contributed by atoms with Gasteiger partial charge in [0, 0.05) is 8.95 Å². The standard InChI is InChI=1S/C18H18Br2O2/c19-15-5-1-13(2-6-15)17(21)9-11-18(22,12-10-17)14-3-7-16(20)8-4-14/h1-8,21-22H,9-12H2. The maximum Gasteiger partial charge on any atom is 0.0899 e. The van der Waals surface area contributed by atoms with E-state index in [0.29, 0.717) is 25.7 Å². The van der Waals surface area contributed by atoms with Gasteiger partial charge in [-0.1, -0.05) is 56.1 Å². The highest BCUT2D eigenvalue weighted by atomic mass is 79.9. The van der Waals surface area contributed by atoms with Crippen molar-refractivity contribution in [1.82, 2.24) is 0 Å². The number of hydrogen-bond acceptors (Lipinski definition) is 2. The van der Waals surface area contributed by atoms with Gasteiger partial charge in [0.05, 0.1) is 11.2 Å². The summed E-state index contributed by atoms with van der Waals surface area (Å²) >= 11 is 6.83. The number of hydrogen-bond donors (Lipinski definition) is 2. The van der Waals surface area contributed by atoms with Crippen molar-refractivity contribution in [3.05, 3.63) is 68.6 Å². The average molecular weight is 426 g/mol. The predicted molar refractivity (Wildman–Crippen MR) is 94.5 cm³/mol. The summed E-state index contributed by atoms with van der Waals surface area (Å²) in [5.41, 5.74) is 0.159. The first-order chi connectivity index (χ1) is 10.4. The van der Waals surface area contributed by atoms with Gasteiger partial charge in [0.15, 0.2) is 0 Å². The Morgan fingerprint density at radius 3 is 1.14 bits per heavy atom. The van der Waals surface area contributed by atoms with Crippen molar-refractivity contribution in [2.75, 3.05) is 0 Å². The maximum absolute atomic E-state index is 10.9. The Hall–Kier alpha value is -0.680. The molecule has 0 atom stereocenters. The van der Waals surface area contributed by atoms with Crippen molar-refractivity contribution in [2.24, 2.45) is 0 Å². The van der Waals surface area contributed by atoms with Crippen molar-refractivity contribution in [3.63, 3.8) is 0 Å². The van der Waals surface area contributed by atoms with E-state index in [1.54, 1.807) is 0 Å². The SMILES string of the molecule is OC1(c2ccc(Br)cc2)CCC(O)(c2ccc(Br)cc2)CC1. The van der Waals surface area contributed by atoms with Crippen molar-refractivity contribution in [1.29, 1.82) is 0 Å². The molecule has 0 aromatic heterocycles. The topological polar surface area (TPSA) is 40.5 Å². The zero-order valence-corrected chi connectivity index (χ0v) is 15.3. The summed E-state index contributed by atoms with van der Waals surface area (Å²) in [6, 6.07) is 15.6. The highest BCUT2D eigenvalue weighted by molar-refractivity contribution is 9.10. The van der Waals surface area contributed by atoms with Crippen molar-refractivity contribution in [2.45, 2.75) is 36.9 Å². The molecule has 0 bridgehead atoms. The molecule has 2 nitrogen and oxygen atoms in total. The molecule has 2 aromatic rings. The highest BCUT2D eigenvalue weighted by Crippen LogP contribution is 2.45. The molecule has 3 rings (SSSR count). The first kappa shape index (κ1) is 16.2. The summed E-state index contributed by atoms with van der Waals surface area (Å²) in [5, 5.41) is 21.8. The van der Waals surface area contributed by atoms with Crippen LogP contribution in [0.25, 0.3) is 0 Å². The fourth-order valence-electron chi connectivity index (χ4n) is 3.17. The van der Waals surface area contributed by atoms with Gasteiger partial charge in [0.25, 0.3) is 0 Å². The van der Waals surface area contributed by atoms with Gasteiger partial charge in [-0.3, -0.25) is 0 Å². The lowest BCUT2D eigenvalue weighted by molar-refractivity contribution is -0.0883. The van der Waals surface area contributed by atoms with E-state index in [1.165, 1.54) is 0 Å². The van der Waals surface area contributed by atoms with E-state index in [2.05, 4.69) is 31.9 Å². The van der Waals surface area contributed by atoms with Crippen LogP contribution >= 0.6 is 31.9 Å². The van der Waals surface area contributed by atoms with E-state index < -0.39 is 11.2 Å². The molecule has 4 heteroatoms. The Balaban J connectivity index is 1.79. The third kappa shape index (κ3) is 3.16. The minimum Gasteiger partial charge on any atom is -0.385 e. The molecule has 0 saturated heterocycles. The van der Waals surface area contributed by atoms with Crippen LogP contribution < -0.4 is 0 Å². The molecular weight excluding hydrogens is 408 g/mol. The van der Waals surface area contributed by atoms with Crippen molar-refractivity contribution < 1.29 is 10.2 Å². The second-order valence-corrected chi connectivity index (χ2v) is 7.91. The molecule has 0 heterocycles. The van der Waals surface area contributed by atoms with E-state index >= 15 is 0 Å². The van der Waals surface area contributed by atoms with E-state index in [4.69, 9.17) is 0 Å². The molecule has 1 fully saturated rings. The van der Waals surface area contributed by atoms with Crippen LogP contribution in [0.1, 0.15) is 36.8 Å². The molecule has 116 valence electrons. The normalized spacial score (nSPS) is 28.5. The van der Waals surface area contributed by atoms with Crippen LogP contribution in [0.5, 0.6) is 0 Å². The Labute approximate surface area is 147 Å². The Bertz CT molecular complexity index is 582. The zero-order valence-electron chi connectivity index (χ0n) is 12.1. The van der Waals surface area contributed by atoms with Crippen molar-refractivity contribution >= 4 is 31.9 Å². The van der Waals surface area contributed by atoms with Gasteiger partial charge in [-0.05, 0) is 61.1 Å². The molecule has 1 aliphatic rings. The lowest BCUT2D eigenvalue weighted by Gasteiger charge is -2.41. The third-order valence-electron chi connectivity index (χ3n) is 4.67. The van der Waals surface area contributed by atoms with Crippen LogP contribution in [0.15, 0.2) is 57.5 Å². The second-order valence-electron chi connectivity index (χ2n) is 6.08. The number of benzene rings is 2. The molecule has 0 radical (unpaired) electrons. The van der Waals surface area contributed by atoms with Crippen molar-refractivity contribution in [3.8, 4) is 0 Å². The van der Waals surface area contributed by atoms with Crippen LogP contribution in [-0.2, 0) is 11.2 Å². The molecule has 2 aromatic carbocycles. The number of rotatable bonds is 2. The van der Waals surface area contributed by atoms with Gasteiger partial charge in [-0.15, -0.1) is 0 Å². The van der Waals surface area contributed by atoms with Gasteiger partial charge >= 0.3 is 0 Å². The summed E-state index contributed by atoms with van der Waals surface area (Å²) in [7, 11) is 0. The van der Waals surface area contributed by atoms with E-state index in [-0.39, 0.29) is 0 Å². The van der Waals surface area contributed by atoms with E-state index in [0.717, 1.165) is 20.1 Å². The first-order valence-electron chi connectivity index (χ1n) is 7.38. The van der Waals surface area contributed by atoms with E-state index in [9.17, 15) is 10.2 Å². The quantitative estimate of drug-likeness (QED) is 0.721. The minimum atomic E-state index is -0.845. The summed E-state index contributed by atoms with van der Waals surface area (Å²) in [4.78, 5) is 0. The largest absolute Gasteiger partial charge is 0.385 e. The molecule has 0 unspecified atom stereocenters. The monoisotopic (exact) mass is 424 g/mol. The average Bonchev–Trinajstić information content (AvgIpc) is 2.52. The van der Waals surface area contributed by atoms with Crippen LogP contribution in [0.3, 0.4) is 0 Å². The Morgan fingerprint density at radius 1 is 0.591 bits per heavy atom. The predicted octanol–water partition coefficient (Wildman–Crippen LogP) is 4.86.